The van der Waals surface area contributed by atoms with Crippen LogP contribution in [0.1, 0.15) is 51.3 Å². The standard InChI is InChI=1S/C15H21NO4/c1-11(17)10-15(18)20-14-7-3-4-8-16(14)12(2)13-6-5-9-19-13/h5-6,9,12,14H,3-4,7-8,10H2,1-2H3. The minimum absolute atomic E-state index is 0.0560. The number of carbonyl (C=O) groups excluding carboxylic acids is 2. The molecule has 1 aliphatic rings. The fourth-order valence-corrected chi connectivity index (χ4v) is 2.58. The minimum atomic E-state index is -0.443. The number of likely N-dealkylation sites (tertiary alicyclic amines) is 1. The van der Waals surface area contributed by atoms with Crippen LogP contribution in [-0.2, 0) is 14.3 Å². The zero-order valence-electron chi connectivity index (χ0n) is 12.0. The molecule has 1 saturated heterocycles. The van der Waals surface area contributed by atoms with E-state index in [1.165, 1.54) is 6.92 Å². The summed E-state index contributed by atoms with van der Waals surface area (Å²) in [6.07, 6.45) is 4.13. The number of ketones is 1. The van der Waals surface area contributed by atoms with Gasteiger partial charge in [-0.05, 0) is 45.2 Å². The second-order valence-corrected chi connectivity index (χ2v) is 5.25. The topological polar surface area (TPSA) is 59.8 Å². The fraction of sp³-hybridized carbons (Fsp3) is 0.600. The Balaban J connectivity index is 2.01. The van der Waals surface area contributed by atoms with Gasteiger partial charge >= 0.3 is 5.97 Å². The Hall–Kier alpha value is -1.62. The maximum Gasteiger partial charge on any atom is 0.314 e. The average Bonchev–Trinajstić information content (AvgIpc) is 2.91. The lowest BCUT2D eigenvalue weighted by Gasteiger charge is -2.38. The van der Waals surface area contributed by atoms with Crippen molar-refractivity contribution >= 4 is 11.8 Å². The third-order valence-electron chi connectivity index (χ3n) is 3.60. The first kappa shape index (κ1) is 14.8. The Morgan fingerprint density at radius 2 is 2.30 bits per heavy atom. The number of Topliss-reactive ketones (excluding diaryl/α,β-unsaturated/α-hetero) is 1. The van der Waals surface area contributed by atoms with Gasteiger partial charge in [-0.15, -0.1) is 0 Å². The van der Waals surface area contributed by atoms with Gasteiger partial charge in [-0.25, -0.2) is 0 Å². The van der Waals surface area contributed by atoms with Gasteiger partial charge in [-0.1, -0.05) is 0 Å². The molecule has 0 spiro atoms. The zero-order chi connectivity index (χ0) is 14.5. The second-order valence-electron chi connectivity index (χ2n) is 5.25. The molecule has 110 valence electrons. The normalized spacial score (nSPS) is 21.4. The lowest BCUT2D eigenvalue weighted by Crippen LogP contribution is -2.43. The molecule has 0 bridgehead atoms. The van der Waals surface area contributed by atoms with E-state index >= 15 is 0 Å². The first-order chi connectivity index (χ1) is 9.58. The van der Waals surface area contributed by atoms with Crippen molar-refractivity contribution in [2.75, 3.05) is 6.54 Å². The van der Waals surface area contributed by atoms with Crippen molar-refractivity contribution in [3.05, 3.63) is 24.2 Å². The Morgan fingerprint density at radius 3 is 2.95 bits per heavy atom. The maximum atomic E-state index is 11.7. The molecule has 2 unspecified atom stereocenters. The summed E-state index contributed by atoms with van der Waals surface area (Å²) in [5.74, 6) is 0.247. The van der Waals surface area contributed by atoms with Crippen molar-refractivity contribution in [2.24, 2.45) is 0 Å². The first-order valence-electron chi connectivity index (χ1n) is 7.06. The van der Waals surface area contributed by atoms with Crippen molar-refractivity contribution in [1.29, 1.82) is 0 Å². The average molecular weight is 279 g/mol. The van der Waals surface area contributed by atoms with Gasteiger partial charge in [0.1, 0.15) is 18.0 Å². The highest BCUT2D eigenvalue weighted by Gasteiger charge is 2.31. The van der Waals surface area contributed by atoms with E-state index in [1.54, 1.807) is 6.26 Å². The summed E-state index contributed by atoms with van der Waals surface area (Å²) in [4.78, 5) is 24.8. The van der Waals surface area contributed by atoms with Crippen molar-refractivity contribution in [3.63, 3.8) is 0 Å². The lowest BCUT2D eigenvalue weighted by molar-refractivity contribution is -0.166. The number of carbonyl (C=O) groups is 2. The number of nitrogens with zero attached hydrogens (tertiary/aromatic N) is 1. The predicted octanol–water partition coefficient (Wildman–Crippen LogP) is 2.67. The highest BCUT2D eigenvalue weighted by atomic mass is 16.6. The van der Waals surface area contributed by atoms with Gasteiger partial charge in [-0.2, -0.15) is 0 Å². The van der Waals surface area contributed by atoms with Crippen LogP contribution in [0, 0.1) is 0 Å². The van der Waals surface area contributed by atoms with Gasteiger partial charge in [0.25, 0.3) is 0 Å². The van der Waals surface area contributed by atoms with E-state index in [2.05, 4.69) is 4.90 Å². The molecule has 1 aliphatic heterocycles. The third kappa shape index (κ3) is 3.70. The number of piperidine rings is 1. The van der Waals surface area contributed by atoms with Gasteiger partial charge < -0.3 is 9.15 Å². The summed E-state index contributed by atoms with van der Waals surface area (Å²) in [7, 11) is 0. The van der Waals surface area contributed by atoms with E-state index < -0.39 is 5.97 Å². The summed E-state index contributed by atoms with van der Waals surface area (Å²) in [6, 6.07) is 3.83. The van der Waals surface area contributed by atoms with Gasteiger partial charge in [0.05, 0.1) is 12.3 Å². The molecule has 0 amide bonds. The Labute approximate surface area is 118 Å². The van der Waals surface area contributed by atoms with Crippen molar-refractivity contribution in [1.82, 2.24) is 4.90 Å². The zero-order valence-corrected chi connectivity index (χ0v) is 12.0. The van der Waals surface area contributed by atoms with E-state index in [0.29, 0.717) is 0 Å². The van der Waals surface area contributed by atoms with E-state index in [9.17, 15) is 9.59 Å². The van der Waals surface area contributed by atoms with Crippen LogP contribution >= 0.6 is 0 Å². The maximum absolute atomic E-state index is 11.7. The molecule has 0 aliphatic carbocycles. The lowest BCUT2D eigenvalue weighted by atomic mass is 10.1. The minimum Gasteiger partial charge on any atom is -0.468 e. The van der Waals surface area contributed by atoms with E-state index in [4.69, 9.17) is 9.15 Å². The Bertz CT molecular complexity index is 454. The van der Waals surface area contributed by atoms with E-state index in [-0.39, 0.29) is 24.5 Å². The number of esters is 1. The van der Waals surface area contributed by atoms with Crippen LogP contribution in [-0.4, -0.2) is 29.4 Å². The Kier molecular flexibility index (Phi) is 4.95. The van der Waals surface area contributed by atoms with Crippen LogP contribution < -0.4 is 0 Å². The first-order valence-corrected chi connectivity index (χ1v) is 7.06. The summed E-state index contributed by atoms with van der Waals surface area (Å²) in [6.45, 7) is 4.29. The van der Waals surface area contributed by atoms with Gasteiger partial charge in [-0.3, -0.25) is 14.5 Å². The molecule has 1 aromatic rings. The van der Waals surface area contributed by atoms with Crippen LogP contribution in [0.4, 0.5) is 0 Å². The predicted molar refractivity (Wildman–Crippen MR) is 72.9 cm³/mol. The molecule has 0 aromatic carbocycles. The van der Waals surface area contributed by atoms with Crippen LogP contribution in [0.15, 0.2) is 22.8 Å². The summed E-state index contributed by atoms with van der Waals surface area (Å²) < 4.78 is 10.9. The van der Waals surface area contributed by atoms with Crippen LogP contribution in [0.5, 0.6) is 0 Å². The molecular formula is C15H21NO4. The van der Waals surface area contributed by atoms with Crippen LogP contribution in [0.2, 0.25) is 0 Å². The van der Waals surface area contributed by atoms with Crippen molar-refractivity contribution in [3.8, 4) is 0 Å². The molecule has 0 saturated carbocycles. The number of hydrogen-bond acceptors (Lipinski definition) is 5. The SMILES string of the molecule is CC(=O)CC(=O)OC1CCCCN1C(C)c1ccco1. The monoisotopic (exact) mass is 279 g/mol. The number of ether oxygens (including phenoxy) is 1. The molecule has 1 fully saturated rings. The summed E-state index contributed by atoms with van der Waals surface area (Å²) >= 11 is 0. The molecule has 5 nitrogen and oxygen atoms in total. The smallest absolute Gasteiger partial charge is 0.314 e. The molecule has 20 heavy (non-hydrogen) atoms. The molecule has 1 aromatic heterocycles. The largest absolute Gasteiger partial charge is 0.468 e. The Morgan fingerprint density at radius 1 is 1.50 bits per heavy atom. The second kappa shape index (κ2) is 6.70. The highest BCUT2D eigenvalue weighted by molar-refractivity contribution is 5.94. The summed E-state index contributed by atoms with van der Waals surface area (Å²) in [5.41, 5.74) is 0. The number of hydrogen-bond donors (Lipinski definition) is 0. The van der Waals surface area contributed by atoms with Gasteiger partial charge in [0, 0.05) is 6.54 Å². The van der Waals surface area contributed by atoms with Crippen LogP contribution in [0.3, 0.4) is 0 Å². The molecule has 2 atom stereocenters. The molecule has 5 heteroatoms. The summed E-state index contributed by atoms with van der Waals surface area (Å²) in [5, 5.41) is 0. The van der Waals surface area contributed by atoms with Gasteiger partial charge in [0.15, 0.2) is 6.23 Å². The quantitative estimate of drug-likeness (QED) is 0.612. The fourth-order valence-electron chi connectivity index (χ4n) is 2.58. The van der Waals surface area contributed by atoms with Gasteiger partial charge in [0.2, 0.25) is 0 Å². The third-order valence-corrected chi connectivity index (χ3v) is 3.60. The molecular weight excluding hydrogens is 258 g/mol. The van der Waals surface area contributed by atoms with Crippen molar-refractivity contribution < 1.29 is 18.7 Å². The van der Waals surface area contributed by atoms with E-state index in [0.717, 1.165) is 31.6 Å². The molecule has 2 rings (SSSR count). The number of furan rings is 1. The molecule has 0 radical (unpaired) electrons. The van der Waals surface area contributed by atoms with Crippen molar-refractivity contribution in [2.45, 2.75) is 51.8 Å². The van der Waals surface area contributed by atoms with E-state index in [1.807, 2.05) is 19.1 Å². The number of rotatable bonds is 5. The highest BCUT2D eigenvalue weighted by Crippen LogP contribution is 2.29. The molecule has 0 N–H and O–H groups in total. The van der Waals surface area contributed by atoms with Crippen LogP contribution in [0.25, 0.3) is 0 Å². The molecule has 2 heterocycles.